The molecule has 0 atom stereocenters. The smallest absolute Gasteiger partial charge is 0.101 e. The molecule has 0 aromatic heterocycles. The Labute approximate surface area is 123 Å². The van der Waals surface area contributed by atoms with E-state index in [1.807, 2.05) is 12.1 Å². The van der Waals surface area contributed by atoms with Crippen molar-refractivity contribution in [3.05, 3.63) is 28.2 Å². The Hall–Kier alpha value is -1.01. The van der Waals surface area contributed by atoms with Crippen LogP contribution in [0.2, 0.25) is 0 Å². The average molecular weight is 319 g/mol. The Kier molecular flexibility index (Phi) is 3.54. The van der Waals surface area contributed by atoms with Crippen LogP contribution in [0, 0.1) is 16.7 Å². The van der Waals surface area contributed by atoms with Crippen LogP contribution in [-0.2, 0) is 0 Å². The lowest BCUT2D eigenvalue weighted by Crippen LogP contribution is -2.39. The van der Waals surface area contributed by atoms with E-state index in [2.05, 4.69) is 33.0 Å². The van der Waals surface area contributed by atoms with E-state index in [-0.39, 0.29) is 0 Å². The summed E-state index contributed by atoms with van der Waals surface area (Å²) in [6.07, 6.45) is 8.27. The molecule has 3 rings (SSSR count). The Balaban J connectivity index is 1.78. The largest absolute Gasteiger partial charge is 0.370 e. The highest BCUT2D eigenvalue weighted by Crippen LogP contribution is 2.46. The monoisotopic (exact) mass is 318 g/mol. The maximum Gasteiger partial charge on any atom is 0.101 e. The first kappa shape index (κ1) is 13.0. The first-order chi connectivity index (χ1) is 9.22. The van der Waals surface area contributed by atoms with Gasteiger partial charge in [0.05, 0.1) is 11.3 Å². The molecule has 1 saturated heterocycles. The van der Waals surface area contributed by atoms with Crippen molar-refractivity contribution in [3.63, 3.8) is 0 Å². The van der Waals surface area contributed by atoms with E-state index in [1.165, 1.54) is 38.5 Å². The number of hydrogen-bond donors (Lipinski definition) is 0. The maximum atomic E-state index is 9.25. The van der Waals surface area contributed by atoms with Crippen molar-refractivity contribution in [1.82, 2.24) is 0 Å². The van der Waals surface area contributed by atoms with Crippen LogP contribution >= 0.6 is 15.9 Å². The van der Waals surface area contributed by atoms with Gasteiger partial charge in [-0.3, -0.25) is 0 Å². The first-order valence-corrected chi connectivity index (χ1v) is 7.96. The Morgan fingerprint density at radius 2 is 1.79 bits per heavy atom. The summed E-state index contributed by atoms with van der Waals surface area (Å²) >= 11 is 3.52. The summed E-state index contributed by atoms with van der Waals surface area (Å²) in [5.41, 5.74) is 2.53. The number of benzene rings is 1. The molecule has 2 nitrogen and oxygen atoms in total. The summed E-state index contributed by atoms with van der Waals surface area (Å²) in [5, 5.41) is 9.25. The van der Waals surface area contributed by atoms with Gasteiger partial charge in [-0.05, 0) is 49.3 Å². The van der Waals surface area contributed by atoms with Crippen molar-refractivity contribution in [3.8, 4) is 6.07 Å². The fourth-order valence-corrected chi connectivity index (χ4v) is 4.06. The van der Waals surface area contributed by atoms with Crippen LogP contribution in [0.15, 0.2) is 22.7 Å². The quantitative estimate of drug-likeness (QED) is 0.763. The summed E-state index contributed by atoms with van der Waals surface area (Å²) in [6.45, 7) is 2.20. The van der Waals surface area contributed by atoms with E-state index in [0.29, 0.717) is 5.41 Å². The highest BCUT2D eigenvalue weighted by Gasteiger charge is 2.37. The van der Waals surface area contributed by atoms with Gasteiger partial charge in [0.2, 0.25) is 0 Å². The second-order valence-electron chi connectivity index (χ2n) is 5.97. The minimum Gasteiger partial charge on any atom is -0.370 e. The molecule has 0 radical (unpaired) electrons. The predicted octanol–water partition coefficient (Wildman–Crippen LogP) is 4.48. The van der Waals surface area contributed by atoms with Crippen molar-refractivity contribution < 1.29 is 0 Å². The highest BCUT2D eigenvalue weighted by molar-refractivity contribution is 9.10. The second kappa shape index (κ2) is 5.17. The third-order valence-electron chi connectivity index (χ3n) is 4.91. The lowest BCUT2D eigenvalue weighted by atomic mass is 9.77. The Morgan fingerprint density at radius 1 is 1.11 bits per heavy atom. The van der Waals surface area contributed by atoms with Gasteiger partial charge >= 0.3 is 0 Å². The normalized spacial score (nSPS) is 21.6. The van der Waals surface area contributed by atoms with Crippen LogP contribution in [0.5, 0.6) is 0 Å². The molecule has 1 saturated carbocycles. The third kappa shape index (κ3) is 2.51. The standard InChI is InChI=1S/C16H19BrN2/c17-14-4-3-13(12-18)15(11-14)19-9-7-16(8-10-19)5-1-2-6-16/h3-4,11H,1-2,5-10H2. The fraction of sp³-hybridized carbons (Fsp3) is 0.562. The van der Waals surface area contributed by atoms with Gasteiger partial charge in [0.15, 0.2) is 0 Å². The van der Waals surface area contributed by atoms with Crippen molar-refractivity contribution >= 4 is 21.6 Å². The molecule has 2 fully saturated rings. The van der Waals surface area contributed by atoms with Crippen molar-refractivity contribution in [2.24, 2.45) is 5.41 Å². The van der Waals surface area contributed by atoms with E-state index in [1.54, 1.807) is 0 Å². The molecule has 0 N–H and O–H groups in total. The van der Waals surface area contributed by atoms with Crippen molar-refractivity contribution in [2.45, 2.75) is 38.5 Å². The van der Waals surface area contributed by atoms with Gasteiger partial charge in [-0.15, -0.1) is 0 Å². The minimum atomic E-state index is 0.634. The molecular formula is C16H19BrN2. The fourth-order valence-electron chi connectivity index (χ4n) is 3.71. The molecule has 0 unspecified atom stereocenters. The molecule has 0 amide bonds. The van der Waals surface area contributed by atoms with Crippen LogP contribution < -0.4 is 4.90 Å². The molecule has 1 aliphatic carbocycles. The first-order valence-electron chi connectivity index (χ1n) is 7.17. The van der Waals surface area contributed by atoms with Gasteiger partial charge < -0.3 is 4.90 Å². The zero-order chi connectivity index (χ0) is 13.3. The lowest BCUT2D eigenvalue weighted by Gasteiger charge is -2.40. The SMILES string of the molecule is N#Cc1ccc(Br)cc1N1CCC2(CCCC2)CC1. The summed E-state index contributed by atoms with van der Waals surface area (Å²) in [4.78, 5) is 2.40. The molecule has 2 aliphatic rings. The van der Waals surface area contributed by atoms with E-state index in [4.69, 9.17) is 0 Å². The molecule has 1 spiro atoms. The summed E-state index contributed by atoms with van der Waals surface area (Å²) < 4.78 is 1.06. The summed E-state index contributed by atoms with van der Waals surface area (Å²) in [7, 11) is 0. The lowest BCUT2D eigenvalue weighted by molar-refractivity contribution is 0.226. The van der Waals surface area contributed by atoms with Gasteiger partial charge in [-0.25, -0.2) is 0 Å². The minimum absolute atomic E-state index is 0.634. The molecule has 19 heavy (non-hydrogen) atoms. The van der Waals surface area contributed by atoms with Crippen LogP contribution in [0.1, 0.15) is 44.1 Å². The maximum absolute atomic E-state index is 9.25. The Morgan fingerprint density at radius 3 is 2.42 bits per heavy atom. The summed E-state index contributed by atoms with van der Waals surface area (Å²) in [6, 6.07) is 8.27. The molecule has 1 aromatic rings. The van der Waals surface area contributed by atoms with Crippen molar-refractivity contribution in [1.29, 1.82) is 5.26 Å². The molecule has 1 aliphatic heterocycles. The van der Waals surface area contributed by atoms with Gasteiger partial charge in [-0.2, -0.15) is 5.26 Å². The number of nitriles is 1. The number of piperidine rings is 1. The zero-order valence-corrected chi connectivity index (χ0v) is 12.7. The van der Waals surface area contributed by atoms with Gasteiger partial charge in [-0.1, -0.05) is 28.8 Å². The second-order valence-corrected chi connectivity index (χ2v) is 6.88. The zero-order valence-electron chi connectivity index (χ0n) is 11.2. The van der Waals surface area contributed by atoms with Crippen LogP contribution in [-0.4, -0.2) is 13.1 Å². The van der Waals surface area contributed by atoms with E-state index in [0.717, 1.165) is 28.8 Å². The number of hydrogen-bond acceptors (Lipinski definition) is 2. The van der Waals surface area contributed by atoms with Crippen LogP contribution in [0.25, 0.3) is 0 Å². The van der Waals surface area contributed by atoms with Crippen molar-refractivity contribution in [2.75, 3.05) is 18.0 Å². The summed E-state index contributed by atoms with van der Waals surface area (Å²) in [5.74, 6) is 0. The molecule has 1 heterocycles. The van der Waals surface area contributed by atoms with Gasteiger partial charge in [0.25, 0.3) is 0 Å². The molecule has 1 aromatic carbocycles. The topological polar surface area (TPSA) is 27.0 Å². The van der Waals surface area contributed by atoms with Gasteiger partial charge in [0.1, 0.15) is 6.07 Å². The molecule has 3 heteroatoms. The Bertz CT molecular complexity index is 502. The van der Waals surface area contributed by atoms with E-state index >= 15 is 0 Å². The van der Waals surface area contributed by atoms with E-state index < -0.39 is 0 Å². The molecule has 0 bridgehead atoms. The average Bonchev–Trinajstić information content (AvgIpc) is 2.88. The molecular weight excluding hydrogens is 300 g/mol. The number of anilines is 1. The number of halogens is 1. The third-order valence-corrected chi connectivity index (χ3v) is 5.40. The number of rotatable bonds is 1. The predicted molar refractivity (Wildman–Crippen MR) is 81.2 cm³/mol. The van der Waals surface area contributed by atoms with Crippen LogP contribution in [0.4, 0.5) is 5.69 Å². The van der Waals surface area contributed by atoms with Gasteiger partial charge in [0, 0.05) is 17.6 Å². The van der Waals surface area contributed by atoms with E-state index in [9.17, 15) is 5.26 Å². The number of nitrogens with zero attached hydrogens (tertiary/aromatic N) is 2. The molecule has 100 valence electrons. The van der Waals surface area contributed by atoms with Crippen LogP contribution in [0.3, 0.4) is 0 Å². The highest BCUT2D eigenvalue weighted by atomic mass is 79.9.